The zero-order chi connectivity index (χ0) is 12.9. The van der Waals surface area contributed by atoms with E-state index in [9.17, 15) is 4.79 Å². The Morgan fingerprint density at radius 2 is 2.18 bits per heavy atom. The minimum atomic E-state index is -0.178. The van der Waals surface area contributed by atoms with Gasteiger partial charge in [0, 0.05) is 19.5 Å². The Hall–Kier alpha value is -0.260. The van der Waals surface area contributed by atoms with Crippen LogP contribution in [0.3, 0.4) is 0 Å². The van der Waals surface area contributed by atoms with Crippen LogP contribution in [0.2, 0.25) is 0 Å². The average Bonchev–Trinajstić information content (AvgIpc) is 2.33. The van der Waals surface area contributed by atoms with Crippen molar-refractivity contribution < 1.29 is 14.3 Å². The number of methoxy groups -OCH3 is 1. The number of ether oxygens (including phenoxy) is 2. The van der Waals surface area contributed by atoms with E-state index in [1.165, 1.54) is 0 Å². The third-order valence-corrected chi connectivity index (χ3v) is 3.28. The van der Waals surface area contributed by atoms with E-state index in [-0.39, 0.29) is 12.0 Å². The molecular formula is C12H25NO3S. The van der Waals surface area contributed by atoms with Gasteiger partial charge in [-0.1, -0.05) is 6.92 Å². The molecule has 5 heteroatoms. The first-order valence-electron chi connectivity index (χ1n) is 6.22. The van der Waals surface area contributed by atoms with E-state index in [2.05, 4.69) is 12.2 Å². The summed E-state index contributed by atoms with van der Waals surface area (Å²) in [7, 11) is 1.70. The molecule has 0 rings (SSSR count). The Labute approximate surface area is 109 Å². The molecule has 0 aromatic carbocycles. The number of hydrogen-bond donors (Lipinski definition) is 1. The molecule has 1 atom stereocenters. The van der Waals surface area contributed by atoms with Crippen LogP contribution in [-0.4, -0.2) is 50.4 Å². The molecule has 0 aliphatic heterocycles. The normalized spacial score (nSPS) is 12.4. The first-order valence-corrected chi connectivity index (χ1v) is 7.38. The third kappa shape index (κ3) is 9.44. The Morgan fingerprint density at radius 1 is 1.41 bits per heavy atom. The molecule has 0 aliphatic carbocycles. The van der Waals surface area contributed by atoms with Crippen molar-refractivity contribution in [2.75, 3.05) is 38.4 Å². The van der Waals surface area contributed by atoms with Gasteiger partial charge in [-0.15, -0.1) is 0 Å². The Balaban J connectivity index is 3.80. The molecule has 0 aliphatic rings. The average molecular weight is 263 g/mol. The fourth-order valence-corrected chi connectivity index (χ4v) is 2.26. The van der Waals surface area contributed by atoms with Gasteiger partial charge in [-0.25, -0.2) is 0 Å². The van der Waals surface area contributed by atoms with Gasteiger partial charge in [0.25, 0.3) is 0 Å². The molecule has 0 radical (unpaired) electrons. The molecule has 1 N–H and O–H groups in total. The van der Waals surface area contributed by atoms with Crippen molar-refractivity contribution in [1.82, 2.24) is 5.32 Å². The lowest BCUT2D eigenvalue weighted by atomic mass is 10.3. The topological polar surface area (TPSA) is 47.6 Å². The second-order valence-corrected chi connectivity index (χ2v) is 4.83. The second kappa shape index (κ2) is 12.2. The molecule has 0 saturated carbocycles. The molecule has 0 fully saturated rings. The lowest BCUT2D eigenvalue weighted by Crippen LogP contribution is -2.40. The number of carbonyl (C=O) groups is 1. The van der Waals surface area contributed by atoms with Gasteiger partial charge in [0.1, 0.15) is 6.04 Å². The number of nitrogens with one attached hydrogen (secondary N) is 1. The molecule has 4 nitrogen and oxygen atoms in total. The van der Waals surface area contributed by atoms with Crippen LogP contribution in [0.1, 0.15) is 26.7 Å². The molecule has 0 saturated heterocycles. The van der Waals surface area contributed by atoms with Crippen LogP contribution in [-0.2, 0) is 14.3 Å². The molecular weight excluding hydrogens is 238 g/mol. The Morgan fingerprint density at radius 3 is 2.76 bits per heavy atom. The largest absolute Gasteiger partial charge is 0.465 e. The summed E-state index contributed by atoms with van der Waals surface area (Å²) in [6, 6.07) is -0.178. The van der Waals surface area contributed by atoms with Gasteiger partial charge in [0.2, 0.25) is 0 Å². The second-order valence-electron chi connectivity index (χ2n) is 3.68. The molecule has 0 bridgehead atoms. The number of thioether (sulfide) groups is 1. The number of carbonyl (C=O) groups excluding carboxylic acids is 1. The van der Waals surface area contributed by atoms with E-state index in [0.717, 1.165) is 37.5 Å². The maximum atomic E-state index is 11.6. The first-order chi connectivity index (χ1) is 8.26. The predicted octanol–water partition coefficient (Wildman–Crippen LogP) is 1.69. The summed E-state index contributed by atoms with van der Waals surface area (Å²) in [6.45, 7) is 5.99. The molecule has 0 amide bonds. The van der Waals surface area contributed by atoms with Crippen molar-refractivity contribution >= 4 is 17.7 Å². The van der Waals surface area contributed by atoms with Crippen molar-refractivity contribution in [3.05, 3.63) is 0 Å². The van der Waals surface area contributed by atoms with Gasteiger partial charge in [-0.3, -0.25) is 4.79 Å². The van der Waals surface area contributed by atoms with Crippen LogP contribution < -0.4 is 5.32 Å². The molecule has 0 heterocycles. The standard InChI is InChI=1S/C12H25NO3S/c1-4-7-13-11(12(14)16-5-2)10-17-9-6-8-15-3/h11,13H,4-10H2,1-3H3. The first kappa shape index (κ1) is 16.7. The zero-order valence-corrected chi connectivity index (χ0v) is 12.0. The molecule has 0 spiro atoms. The molecule has 102 valence electrons. The summed E-state index contributed by atoms with van der Waals surface area (Å²) in [5.41, 5.74) is 0. The summed E-state index contributed by atoms with van der Waals surface area (Å²) < 4.78 is 10.0. The van der Waals surface area contributed by atoms with E-state index >= 15 is 0 Å². The van der Waals surface area contributed by atoms with Crippen molar-refractivity contribution in [1.29, 1.82) is 0 Å². The van der Waals surface area contributed by atoms with Crippen LogP contribution in [0.4, 0.5) is 0 Å². The smallest absolute Gasteiger partial charge is 0.323 e. The number of esters is 1. The van der Waals surface area contributed by atoms with E-state index in [4.69, 9.17) is 9.47 Å². The monoisotopic (exact) mass is 263 g/mol. The van der Waals surface area contributed by atoms with E-state index in [0.29, 0.717) is 6.61 Å². The SMILES string of the molecule is CCCNC(CSCCCOC)C(=O)OCC. The fourth-order valence-electron chi connectivity index (χ4n) is 1.28. The fraction of sp³-hybridized carbons (Fsp3) is 0.917. The van der Waals surface area contributed by atoms with Gasteiger partial charge < -0.3 is 14.8 Å². The molecule has 0 aromatic rings. The maximum Gasteiger partial charge on any atom is 0.323 e. The highest BCUT2D eigenvalue weighted by Gasteiger charge is 2.18. The van der Waals surface area contributed by atoms with Crippen molar-refractivity contribution in [3.8, 4) is 0 Å². The van der Waals surface area contributed by atoms with Gasteiger partial charge in [0.15, 0.2) is 0 Å². The van der Waals surface area contributed by atoms with Crippen molar-refractivity contribution in [2.24, 2.45) is 0 Å². The van der Waals surface area contributed by atoms with Crippen LogP contribution in [0.25, 0.3) is 0 Å². The third-order valence-electron chi connectivity index (χ3n) is 2.13. The molecule has 17 heavy (non-hydrogen) atoms. The van der Waals surface area contributed by atoms with Crippen LogP contribution in [0, 0.1) is 0 Å². The van der Waals surface area contributed by atoms with Crippen molar-refractivity contribution in [3.63, 3.8) is 0 Å². The highest BCUT2D eigenvalue weighted by molar-refractivity contribution is 7.99. The van der Waals surface area contributed by atoms with Crippen LogP contribution >= 0.6 is 11.8 Å². The summed E-state index contributed by atoms with van der Waals surface area (Å²) in [4.78, 5) is 11.6. The minimum Gasteiger partial charge on any atom is -0.465 e. The zero-order valence-electron chi connectivity index (χ0n) is 11.2. The maximum absolute atomic E-state index is 11.6. The summed E-state index contributed by atoms with van der Waals surface area (Å²) in [6.07, 6.45) is 2.04. The quantitative estimate of drug-likeness (QED) is 0.454. The lowest BCUT2D eigenvalue weighted by molar-refractivity contribution is -0.144. The van der Waals surface area contributed by atoms with Gasteiger partial charge >= 0.3 is 5.97 Å². The highest BCUT2D eigenvalue weighted by Crippen LogP contribution is 2.06. The highest BCUT2D eigenvalue weighted by atomic mass is 32.2. The molecule has 0 aromatic heterocycles. The van der Waals surface area contributed by atoms with Gasteiger partial charge in [0.05, 0.1) is 6.61 Å². The van der Waals surface area contributed by atoms with Gasteiger partial charge in [-0.05, 0) is 32.1 Å². The van der Waals surface area contributed by atoms with Gasteiger partial charge in [-0.2, -0.15) is 11.8 Å². The Kier molecular flexibility index (Phi) is 12.0. The Bertz CT molecular complexity index is 191. The number of hydrogen-bond acceptors (Lipinski definition) is 5. The predicted molar refractivity (Wildman–Crippen MR) is 72.5 cm³/mol. The minimum absolute atomic E-state index is 0.139. The van der Waals surface area contributed by atoms with E-state index in [1.54, 1.807) is 18.9 Å². The van der Waals surface area contributed by atoms with Crippen LogP contribution in [0.5, 0.6) is 0 Å². The van der Waals surface area contributed by atoms with E-state index in [1.807, 2.05) is 6.92 Å². The number of rotatable bonds is 11. The molecule has 1 unspecified atom stereocenters. The van der Waals surface area contributed by atoms with Crippen LogP contribution in [0.15, 0.2) is 0 Å². The van der Waals surface area contributed by atoms with Crippen molar-refractivity contribution in [2.45, 2.75) is 32.7 Å². The lowest BCUT2D eigenvalue weighted by Gasteiger charge is -2.16. The summed E-state index contributed by atoms with van der Waals surface area (Å²) in [5.74, 6) is 1.64. The summed E-state index contributed by atoms with van der Waals surface area (Å²) >= 11 is 1.76. The summed E-state index contributed by atoms with van der Waals surface area (Å²) in [5, 5.41) is 3.22. The van der Waals surface area contributed by atoms with E-state index < -0.39 is 0 Å².